The number of hydrogen-bond donors (Lipinski definition) is 2. The molecule has 0 saturated carbocycles. The molecule has 0 spiro atoms. The molecule has 158 valence electrons. The molecule has 4 N–H and O–H groups in total. The van der Waals surface area contributed by atoms with Crippen molar-refractivity contribution in [1.82, 2.24) is 14.8 Å². The Labute approximate surface area is 175 Å². The summed E-state index contributed by atoms with van der Waals surface area (Å²) < 4.78 is 35.5. The van der Waals surface area contributed by atoms with Crippen LogP contribution < -0.4 is 16.6 Å². The highest BCUT2D eigenvalue weighted by Crippen LogP contribution is 2.34. The third-order valence-electron chi connectivity index (χ3n) is 4.97. The number of hydrazine groups is 1. The lowest BCUT2D eigenvalue weighted by atomic mass is 10.0. The van der Waals surface area contributed by atoms with Crippen LogP contribution in [-0.4, -0.2) is 33.3 Å². The Morgan fingerprint density at radius 1 is 1.37 bits per heavy atom. The number of hydrogen-bond acceptors (Lipinski definition) is 7. The number of aryl methyl sites for hydroxylation is 1. The minimum absolute atomic E-state index is 0.0230. The highest BCUT2D eigenvalue weighted by molar-refractivity contribution is 7.13. The van der Waals surface area contributed by atoms with Crippen molar-refractivity contribution in [3.63, 3.8) is 0 Å². The lowest BCUT2D eigenvalue weighted by Gasteiger charge is -2.29. The molecule has 0 radical (unpaired) electrons. The van der Waals surface area contributed by atoms with E-state index in [1.807, 2.05) is 0 Å². The van der Waals surface area contributed by atoms with Crippen LogP contribution in [0.25, 0.3) is 10.6 Å². The molecule has 11 heteroatoms. The highest BCUT2D eigenvalue weighted by Gasteiger charge is 2.30. The molecule has 1 saturated heterocycles. The molecule has 1 amide bonds. The van der Waals surface area contributed by atoms with Crippen LogP contribution in [0.5, 0.6) is 0 Å². The van der Waals surface area contributed by atoms with Gasteiger partial charge in [-0.05, 0) is 25.0 Å². The zero-order valence-corrected chi connectivity index (χ0v) is 16.9. The van der Waals surface area contributed by atoms with Crippen molar-refractivity contribution in [1.29, 1.82) is 0 Å². The van der Waals surface area contributed by atoms with Crippen molar-refractivity contribution >= 4 is 22.9 Å². The molecule has 3 heterocycles. The second-order valence-corrected chi connectivity index (χ2v) is 7.85. The molecule has 2 atom stereocenters. The first-order valence-corrected chi connectivity index (χ1v) is 10.1. The highest BCUT2D eigenvalue weighted by atomic mass is 32.1. The Morgan fingerprint density at radius 3 is 2.80 bits per heavy atom. The topological polar surface area (TPSA) is 112 Å². The van der Waals surface area contributed by atoms with E-state index in [0.29, 0.717) is 24.4 Å². The van der Waals surface area contributed by atoms with E-state index in [-0.39, 0.29) is 28.4 Å². The zero-order valence-electron chi connectivity index (χ0n) is 16.1. The van der Waals surface area contributed by atoms with E-state index in [4.69, 9.17) is 16.3 Å². The lowest BCUT2D eigenvalue weighted by molar-refractivity contribution is 0.00227. The number of ether oxygens (including phenoxy) is 1. The largest absolute Gasteiger partial charge is 0.372 e. The zero-order chi connectivity index (χ0) is 21.4. The van der Waals surface area contributed by atoms with Crippen LogP contribution in [0.3, 0.4) is 0 Å². The van der Waals surface area contributed by atoms with Crippen molar-refractivity contribution in [3.8, 4) is 10.6 Å². The summed E-state index contributed by atoms with van der Waals surface area (Å²) in [4.78, 5) is 17.0. The Balaban J connectivity index is 1.62. The summed E-state index contributed by atoms with van der Waals surface area (Å²) in [6, 6.07) is 3.50. The predicted molar refractivity (Wildman–Crippen MR) is 108 cm³/mol. The van der Waals surface area contributed by atoms with E-state index in [0.717, 1.165) is 34.9 Å². The molecule has 8 nitrogen and oxygen atoms in total. The van der Waals surface area contributed by atoms with E-state index < -0.39 is 17.5 Å². The van der Waals surface area contributed by atoms with Gasteiger partial charge in [0.25, 0.3) is 5.91 Å². The van der Waals surface area contributed by atoms with E-state index in [9.17, 15) is 13.6 Å². The van der Waals surface area contributed by atoms with Gasteiger partial charge < -0.3 is 10.5 Å². The maximum absolute atomic E-state index is 14.0. The Bertz CT molecular complexity index is 1060. The molecule has 3 aromatic rings. The maximum atomic E-state index is 14.0. The second kappa shape index (κ2) is 8.19. The fraction of sp³-hybridized carbons (Fsp3) is 0.316. The number of benzene rings is 1. The fourth-order valence-electron chi connectivity index (χ4n) is 3.43. The van der Waals surface area contributed by atoms with Gasteiger partial charge in [0.15, 0.2) is 0 Å². The molecule has 1 fully saturated rings. The number of aromatic nitrogens is 3. The molecule has 1 aromatic carbocycles. The van der Waals surface area contributed by atoms with E-state index in [2.05, 4.69) is 10.1 Å². The molecule has 0 aliphatic carbocycles. The number of halogens is 2. The van der Waals surface area contributed by atoms with Gasteiger partial charge in [-0.15, -0.1) is 11.3 Å². The van der Waals surface area contributed by atoms with Crippen molar-refractivity contribution in [2.75, 3.05) is 11.6 Å². The summed E-state index contributed by atoms with van der Waals surface area (Å²) in [7, 11) is 1.72. The number of nitrogens with two attached hydrogens (primary N) is 2. The van der Waals surface area contributed by atoms with E-state index >= 15 is 0 Å². The lowest BCUT2D eigenvalue weighted by Crippen LogP contribution is -2.39. The van der Waals surface area contributed by atoms with Crippen molar-refractivity contribution in [3.05, 3.63) is 52.8 Å². The number of rotatable bonds is 4. The number of anilines is 1. The van der Waals surface area contributed by atoms with Crippen molar-refractivity contribution in [2.24, 2.45) is 18.6 Å². The summed E-state index contributed by atoms with van der Waals surface area (Å²) in [5.74, 6) is 3.95. The van der Waals surface area contributed by atoms with Crippen LogP contribution in [0.2, 0.25) is 0 Å². The first kappa shape index (κ1) is 20.5. The molecule has 2 aromatic heterocycles. The summed E-state index contributed by atoms with van der Waals surface area (Å²) in [5.41, 5.74) is 6.71. The molecular formula is C19H20F2N6O2S. The van der Waals surface area contributed by atoms with Gasteiger partial charge in [0.05, 0.1) is 17.5 Å². The Morgan fingerprint density at radius 2 is 2.10 bits per heavy atom. The summed E-state index contributed by atoms with van der Waals surface area (Å²) in [6.45, 7) is 0.499. The number of carbonyl (C=O) groups excluding carboxylic acids is 1. The van der Waals surface area contributed by atoms with Crippen LogP contribution in [0.1, 0.15) is 35.1 Å². The number of amides is 1. The fourth-order valence-corrected chi connectivity index (χ4v) is 4.27. The van der Waals surface area contributed by atoms with E-state index in [1.54, 1.807) is 11.7 Å². The summed E-state index contributed by atoms with van der Waals surface area (Å²) in [5, 5.41) is 6.57. The average molecular weight is 434 g/mol. The van der Waals surface area contributed by atoms with Crippen LogP contribution in [0.15, 0.2) is 29.8 Å². The van der Waals surface area contributed by atoms with E-state index in [1.165, 1.54) is 17.6 Å². The number of carbonyl (C=O) groups is 1. The molecule has 1 aliphatic rings. The van der Waals surface area contributed by atoms with Gasteiger partial charge in [-0.3, -0.25) is 9.48 Å². The molecule has 0 bridgehead atoms. The van der Waals surface area contributed by atoms with Gasteiger partial charge in [0, 0.05) is 25.1 Å². The quantitative estimate of drug-likeness (QED) is 0.371. The van der Waals surface area contributed by atoms with Gasteiger partial charge in [-0.1, -0.05) is 6.07 Å². The van der Waals surface area contributed by atoms with Crippen molar-refractivity contribution < 1.29 is 18.3 Å². The van der Waals surface area contributed by atoms with Crippen LogP contribution in [0.4, 0.5) is 14.5 Å². The normalized spacial score (nSPS) is 19.1. The SMILES string of the molecule is Cn1ncc(N(N)C(=O)c2csc(-c3c(F)cccc3F)n2)c1C1CC(N)CCO1. The summed E-state index contributed by atoms with van der Waals surface area (Å²) >= 11 is 0.953. The minimum atomic E-state index is -0.756. The van der Waals surface area contributed by atoms with Crippen LogP contribution >= 0.6 is 11.3 Å². The van der Waals surface area contributed by atoms with Gasteiger partial charge in [0.1, 0.15) is 34.1 Å². The van der Waals surface area contributed by atoms with Crippen LogP contribution in [0, 0.1) is 11.6 Å². The third kappa shape index (κ3) is 3.72. The molecular weight excluding hydrogens is 414 g/mol. The monoisotopic (exact) mass is 434 g/mol. The maximum Gasteiger partial charge on any atom is 0.292 e. The molecule has 2 unspecified atom stereocenters. The van der Waals surface area contributed by atoms with Gasteiger partial charge in [-0.25, -0.2) is 24.6 Å². The number of thiazole rings is 1. The Hall–Kier alpha value is -2.73. The first-order valence-electron chi connectivity index (χ1n) is 9.25. The second-order valence-electron chi connectivity index (χ2n) is 6.99. The number of nitrogens with zero attached hydrogens (tertiary/aromatic N) is 4. The van der Waals surface area contributed by atoms with Gasteiger partial charge >= 0.3 is 0 Å². The first-order chi connectivity index (χ1) is 14.4. The summed E-state index contributed by atoms with van der Waals surface area (Å²) in [6.07, 6.45) is 2.43. The molecule has 4 rings (SSSR count). The smallest absolute Gasteiger partial charge is 0.292 e. The average Bonchev–Trinajstić information content (AvgIpc) is 3.34. The molecule has 30 heavy (non-hydrogen) atoms. The minimum Gasteiger partial charge on any atom is -0.372 e. The predicted octanol–water partition coefficient (Wildman–Crippen LogP) is 2.52. The van der Waals surface area contributed by atoms with Crippen LogP contribution in [-0.2, 0) is 11.8 Å². The van der Waals surface area contributed by atoms with Gasteiger partial charge in [-0.2, -0.15) is 5.10 Å². The Kier molecular flexibility index (Phi) is 5.60. The molecule has 1 aliphatic heterocycles. The third-order valence-corrected chi connectivity index (χ3v) is 5.83. The standard InChI is InChI=1S/C19H20F2N6O2S/c1-26-17(15-7-10(22)5-6-29-15)14(8-24-26)27(23)19(28)13-9-30-18(25-13)16-11(20)3-2-4-12(16)21/h2-4,8-10,15H,5-7,22-23H2,1H3. The van der Waals surface area contributed by atoms with Crippen molar-refractivity contribution in [2.45, 2.75) is 25.0 Å². The van der Waals surface area contributed by atoms with Gasteiger partial charge in [0.2, 0.25) is 0 Å².